The number of benzene rings is 1. The van der Waals surface area contributed by atoms with E-state index in [0.717, 1.165) is 25.8 Å². The van der Waals surface area contributed by atoms with Crippen LogP contribution in [0.5, 0.6) is 0 Å². The molecule has 2 saturated heterocycles. The molecule has 1 amide bonds. The number of hydrogen-bond donors (Lipinski definition) is 4. The molecule has 0 bridgehead atoms. The maximum Gasteiger partial charge on any atom is 0.237 e. The Bertz CT molecular complexity index is 1130. The third-order valence-corrected chi connectivity index (χ3v) is 9.89. The maximum absolute atomic E-state index is 15.3. The van der Waals surface area contributed by atoms with Crippen LogP contribution in [0.3, 0.4) is 0 Å². The number of likely N-dealkylation sites (N-methyl/N-ethyl adjacent to an activating group) is 1. The van der Waals surface area contributed by atoms with Crippen LogP contribution in [0.15, 0.2) is 41.8 Å². The van der Waals surface area contributed by atoms with E-state index < -0.39 is 47.0 Å². The van der Waals surface area contributed by atoms with Gasteiger partial charge in [0.15, 0.2) is 0 Å². The molecule has 2 aromatic rings. The number of thioether (sulfide) groups is 2. The Morgan fingerprint density at radius 2 is 1.93 bits per heavy atom. The van der Waals surface area contributed by atoms with Crippen LogP contribution in [-0.2, 0) is 9.53 Å². The van der Waals surface area contributed by atoms with Gasteiger partial charge in [0.25, 0.3) is 0 Å². The summed E-state index contributed by atoms with van der Waals surface area (Å²) in [7, 11) is 1.93. The molecule has 220 valence electrons. The van der Waals surface area contributed by atoms with Gasteiger partial charge < -0.3 is 25.4 Å². The molecule has 9 nitrogen and oxygen atoms in total. The van der Waals surface area contributed by atoms with Gasteiger partial charge >= 0.3 is 0 Å². The van der Waals surface area contributed by atoms with Gasteiger partial charge in [-0.15, -0.1) is 23.5 Å². The second-order valence-electron chi connectivity index (χ2n) is 10.7. The Morgan fingerprint density at radius 1 is 1.20 bits per heavy atom. The zero-order valence-corrected chi connectivity index (χ0v) is 24.8. The summed E-state index contributed by atoms with van der Waals surface area (Å²) in [4.78, 5) is 24.0. The minimum Gasteiger partial charge on any atom is -0.388 e. The van der Waals surface area contributed by atoms with Crippen molar-refractivity contribution >= 4 is 29.4 Å². The van der Waals surface area contributed by atoms with Crippen LogP contribution >= 0.6 is 23.5 Å². The number of aromatic nitrogens is 2. The molecule has 12 heteroatoms. The van der Waals surface area contributed by atoms with Gasteiger partial charge in [0.1, 0.15) is 42.0 Å². The molecule has 9 atom stereocenters. The molecule has 2 fully saturated rings. The molecule has 40 heavy (non-hydrogen) atoms. The van der Waals surface area contributed by atoms with E-state index in [0.29, 0.717) is 21.9 Å². The summed E-state index contributed by atoms with van der Waals surface area (Å²) in [6.07, 6.45) is 3.95. The summed E-state index contributed by atoms with van der Waals surface area (Å²) < 4.78 is 21.3. The third kappa shape index (κ3) is 6.97. The number of rotatable bonds is 10. The monoisotopic (exact) mass is 594 g/mol. The molecule has 1 unspecified atom stereocenters. The van der Waals surface area contributed by atoms with Crippen molar-refractivity contribution in [1.29, 1.82) is 0 Å². The number of halogens is 1. The summed E-state index contributed by atoms with van der Waals surface area (Å²) in [6, 6.07) is 3.73. The predicted molar refractivity (Wildman–Crippen MR) is 154 cm³/mol. The second kappa shape index (κ2) is 13.9. The van der Waals surface area contributed by atoms with E-state index in [-0.39, 0.29) is 11.9 Å². The first-order valence-corrected chi connectivity index (χ1v) is 15.8. The Morgan fingerprint density at radius 3 is 2.58 bits per heavy atom. The summed E-state index contributed by atoms with van der Waals surface area (Å²) in [6.45, 7) is 4.78. The van der Waals surface area contributed by atoms with Gasteiger partial charge in [0, 0.05) is 34.6 Å². The minimum atomic E-state index is -1.46. The largest absolute Gasteiger partial charge is 0.388 e. The summed E-state index contributed by atoms with van der Waals surface area (Å²) in [5, 5.41) is 34.6. The standard InChI is InChI=1S/C28H39FN4O5S2/c1-5-6-16-9-20(33(3)13-16)27(37)32-22(26-24(35)23(34)25(36)28(38-26)39-4)15(2)40-21-8-7-17(10-19(21)29)18-11-30-14-31-12-18/h7-8,10-12,14-16,20,22-26,28,34-36H,5-6,9,13H2,1-4H3,(H,32,37)/t15-,16-,20+,22?,23+,24-,25-,26-,28-/m1/s1. The molecule has 1 aromatic heterocycles. The van der Waals surface area contributed by atoms with E-state index in [1.807, 2.05) is 18.9 Å². The lowest BCUT2D eigenvalue weighted by molar-refractivity contribution is -0.205. The zero-order valence-electron chi connectivity index (χ0n) is 23.2. The number of nitrogens with zero attached hydrogens (tertiary/aromatic N) is 3. The van der Waals surface area contributed by atoms with E-state index in [9.17, 15) is 20.1 Å². The number of carbonyl (C=O) groups is 1. The molecule has 0 radical (unpaired) electrons. The van der Waals surface area contributed by atoms with Gasteiger partial charge in [-0.1, -0.05) is 26.3 Å². The van der Waals surface area contributed by atoms with Crippen molar-refractivity contribution in [3.63, 3.8) is 0 Å². The van der Waals surface area contributed by atoms with Crippen LogP contribution in [0.4, 0.5) is 4.39 Å². The molecule has 2 aliphatic heterocycles. The Labute approximate surface area is 243 Å². The van der Waals surface area contributed by atoms with Crippen molar-refractivity contribution in [3.05, 3.63) is 42.7 Å². The average molecular weight is 595 g/mol. The molecule has 1 aromatic carbocycles. The van der Waals surface area contributed by atoms with Gasteiger partial charge in [-0.05, 0) is 49.8 Å². The van der Waals surface area contributed by atoms with E-state index >= 15 is 4.39 Å². The summed E-state index contributed by atoms with van der Waals surface area (Å²) >= 11 is 2.41. The average Bonchev–Trinajstić information content (AvgIpc) is 3.32. The first-order chi connectivity index (χ1) is 19.1. The highest BCUT2D eigenvalue weighted by atomic mass is 32.2. The number of hydrogen-bond acceptors (Lipinski definition) is 10. The van der Waals surface area contributed by atoms with Crippen molar-refractivity contribution in [2.24, 2.45) is 5.92 Å². The lowest BCUT2D eigenvalue weighted by atomic mass is 9.92. The second-order valence-corrected chi connectivity index (χ2v) is 13.0. The normalized spacial score (nSPS) is 30.6. The van der Waals surface area contributed by atoms with Crippen molar-refractivity contribution in [2.45, 2.75) is 85.2 Å². The minimum absolute atomic E-state index is 0.199. The fourth-order valence-corrected chi connectivity index (χ4v) is 7.39. The van der Waals surface area contributed by atoms with E-state index in [1.165, 1.54) is 35.9 Å². The zero-order chi connectivity index (χ0) is 29.0. The lowest BCUT2D eigenvalue weighted by Crippen LogP contribution is -2.65. The van der Waals surface area contributed by atoms with Crippen LogP contribution in [0.2, 0.25) is 0 Å². The molecular formula is C28H39FN4O5S2. The maximum atomic E-state index is 15.3. The summed E-state index contributed by atoms with van der Waals surface area (Å²) in [5.74, 6) is -0.215. The molecule has 4 N–H and O–H groups in total. The molecule has 0 spiro atoms. The van der Waals surface area contributed by atoms with Gasteiger partial charge in [0.05, 0.1) is 12.1 Å². The fourth-order valence-electron chi connectivity index (χ4n) is 5.62. The Balaban J connectivity index is 1.58. The highest BCUT2D eigenvalue weighted by Gasteiger charge is 2.49. The van der Waals surface area contributed by atoms with Crippen LogP contribution in [-0.4, -0.2) is 103 Å². The molecule has 0 aliphatic carbocycles. The molecule has 2 aliphatic rings. The number of nitrogens with one attached hydrogen (secondary N) is 1. The van der Waals surface area contributed by atoms with E-state index in [1.54, 1.807) is 30.8 Å². The van der Waals surface area contributed by atoms with Gasteiger partial charge in [-0.2, -0.15) is 0 Å². The van der Waals surface area contributed by atoms with Crippen molar-refractivity contribution in [2.75, 3.05) is 19.8 Å². The predicted octanol–water partition coefficient (Wildman–Crippen LogP) is 2.54. The lowest BCUT2D eigenvalue weighted by Gasteiger charge is -2.44. The molecule has 4 rings (SSSR count). The van der Waals surface area contributed by atoms with Crippen LogP contribution in [0.25, 0.3) is 11.1 Å². The fraction of sp³-hybridized carbons (Fsp3) is 0.607. The van der Waals surface area contributed by atoms with Crippen LogP contribution in [0, 0.1) is 11.7 Å². The number of ether oxygens (including phenoxy) is 1. The number of carbonyl (C=O) groups excluding carboxylic acids is 1. The van der Waals surface area contributed by atoms with E-state index in [4.69, 9.17) is 4.74 Å². The highest BCUT2D eigenvalue weighted by molar-refractivity contribution is 8.00. The van der Waals surface area contributed by atoms with Crippen LogP contribution in [0.1, 0.15) is 33.1 Å². The van der Waals surface area contributed by atoms with Crippen molar-refractivity contribution in [3.8, 4) is 11.1 Å². The van der Waals surface area contributed by atoms with Crippen molar-refractivity contribution in [1.82, 2.24) is 20.2 Å². The van der Waals surface area contributed by atoms with Gasteiger partial charge in [-0.25, -0.2) is 14.4 Å². The Kier molecular flexibility index (Phi) is 10.8. The van der Waals surface area contributed by atoms with Crippen molar-refractivity contribution < 1.29 is 29.2 Å². The summed E-state index contributed by atoms with van der Waals surface area (Å²) in [5.41, 5.74) is 0.525. The molecular weight excluding hydrogens is 555 g/mol. The highest BCUT2D eigenvalue weighted by Crippen LogP contribution is 2.36. The van der Waals surface area contributed by atoms with Gasteiger partial charge in [0.2, 0.25) is 5.91 Å². The SMILES string of the molecule is CCC[C@@H]1C[C@@H](C(=O)NC([C@H]2O[C@H](SC)[C@H](O)[C@@H](O)[C@H]2O)[C@@H](C)Sc2ccc(-c3cncnc3)cc2F)N(C)C1. The van der Waals surface area contributed by atoms with Crippen LogP contribution < -0.4 is 5.32 Å². The number of amides is 1. The van der Waals surface area contributed by atoms with Gasteiger partial charge in [-0.3, -0.25) is 9.69 Å². The first-order valence-electron chi connectivity index (χ1n) is 13.6. The van der Waals surface area contributed by atoms with E-state index in [2.05, 4.69) is 22.2 Å². The first kappa shape index (κ1) is 31.1. The topological polar surface area (TPSA) is 128 Å². The quantitative estimate of drug-likeness (QED) is 0.305. The number of likely N-dealkylation sites (tertiary alicyclic amines) is 1. The smallest absolute Gasteiger partial charge is 0.237 e. The third-order valence-electron chi connectivity index (χ3n) is 7.78. The Hall–Kier alpha value is -1.80. The number of aliphatic hydroxyl groups excluding tert-OH is 3. The molecule has 3 heterocycles. The number of aliphatic hydroxyl groups is 3. The molecule has 0 saturated carbocycles.